The molecule has 2 rings (SSSR count). The van der Waals surface area contributed by atoms with Crippen LogP contribution in [0.15, 0.2) is 41.3 Å². The quantitative estimate of drug-likeness (QED) is 0.800. The van der Waals surface area contributed by atoms with E-state index in [1.54, 1.807) is 0 Å². The number of methoxy groups -OCH3 is 2. The molecule has 0 aliphatic rings. The summed E-state index contributed by atoms with van der Waals surface area (Å²) in [5.41, 5.74) is -2.67. The first-order valence-electron chi connectivity index (χ1n) is 7.50. The summed E-state index contributed by atoms with van der Waals surface area (Å²) in [5, 5.41) is 2.37. The van der Waals surface area contributed by atoms with E-state index >= 15 is 0 Å². The van der Waals surface area contributed by atoms with Crippen LogP contribution in [0, 0.1) is 0 Å². The fourth-order valence-electron chi connectivity index (χ4n) is 2.26. The Morgan fingerprint density at radius 2 is 1.89 bits per heavy atom. The van der Waals surface area contributed by atoms with Crippen LogP contribution in [-0.2, 0) is 22.3 Å². The number of carbonyl (C=O) groups is 2. The number of rotatable bonds is 5. The van der Waals surface area contributed by atoms with Crippen molar-refractivity contribution >= 4 is 17.6 Å². The average Bonchev–Trinajstić information content (AvgIpc) is 2.62. The van der Waals surface area contributed by atoms with Crippen LogP contribution >= 0.6 is 0 Å². The molecule has 144 valence electrons. The average molecular weight is 384 g/mol. The topological polar surface area (TPSA) is 86.6 Å². The molecule has 1 aromatic carbocycles. The number of hydrogen-bond acceptors (Lipinski definition) is 5. The van der Waals surface area contributed by atoms with Crippen molar-refractivity contribution in [2.75, 3.05) is 19.5 Å². The highest BCUT2D eigenvalue weighted by Gasteiger charge is 2.34. The number of carbonyl (C=O) groups excluding carboxylic acids is 2. The monoisotopic (exact) mass is 384 g/mol. The first-order valence-corrected chi connectivity index (χ1v) is 7.50. The summed E-state index contributed by atoms with van der Waals surface area (Å²) in [6.45, 7) is -0.671. The summed E-state index contributed by atoms with van der Waals surface area (Å²) in [6, 6.07) is 5.83. The third-order valence-electron chi connectivity index (χ3n) is 3.55. The molecule has 2 aromatic rings. The van der Waals surface area contributed by atoms with Crippen molar-refractivity contribution < 1.29 is 32.2 Å². The van der Waals surface area contributed by atoms with E-state index in [4.69, 9.17) is 4.74 Å². The predicted molar refractivity (Wildman–Crippen MR) is 88.7 cm³/mol. The van der Waals surface area contributed by atoms with E-state index in [1.807, 2.05) is 0 Å². The molecule has 0 spiro atoms. The van der Waals surface area contributed by atoms with Crippen LogP contribution in [0.5, 0.6) is 5.75 Å². The molecule has 0 saturated carbocycles. The highest BCUT2D eigenvalue weighted by molar-refractivity contribution is 6.01. The van der Waals surface area contributed by atoms with Gasteiger partial charge in [-0.25, -0.2) is 4.79 Å². The number of nitrogens with one attached hydrogen (secondary N) is 1. The Bertz CT molecular complexity index is 922. The smallest absolute Gasteiger partial charge is 0.421 e. The van der Waals surface area contributed by atoms with Crippen molar-refractivity contribution in [1.82, 2.24) is 4.57 Å². The Morgan fingerprint density at radius 1 is 1.19 bits per heavy atom. The van der Waals surface area contributed by atoms with Crippen LogP contribution in [-0.4, -0.2) is 30.7 Å². The van der Waals surface area contributed by atoms with E-state index in [0.29, 0.717) is 16.4 Å². The van der Waals surface area contributed by atoms with Gasteiger partial charge in [0.25, 0.3) is 5.56 Å². The minimum absolute atomic E-state index is 0.0124. The van der Waals surface area contributed by atoms with E-state index in [1.165, 1.54) is 25.3 Å². The van der Waals surface area contributed by atoms with Crippen LogP contribution in [0.25, 0.3) is 0 Å². The van der Waals surface area contributed by atoms with E-state index in [0.717, 1.165) is 19.4 Å². The van der Waals surface area contributed by atoms with Crippen molar-refractivity contribution in [3.63, 3.8) is 0 Å². The Labute approximate surface area is 151 Å². The zero-order valence-electron chi connectivity index (χ0n) is 14.3. The normalized spacial score (nSPS) is 11.0. The maximum absolute atomic E-state index is 12.8. The van der Waals surface area contributed by atoms with E-state index in [-0.39, 0.29) is 11.3 Å². The summed E-state index contributed by atoms with van der Waals surface area (Å²) in [6.07, 6.45) is -3.77. The number of benzene rings is 1. The lowest BCUT2D eigenvalue weighted by molar-refractivity contribution is -0.139. The second kappa shape index (κ2) is 7.94. The molecule has 0 aliphatic heterocycles. The molecule has 0 radical (unpaired) electrons. The maximum atomic E-state index is 12.8. The maximum Gasteiger partial charge on any atom is 0.421 e. The molecule has 0 aliphatic carbocycles. The van der Waals surface area contributed by atoms with Gasteiger partial charge in [-0.1, -0.05) is 0 Å². The SMILES string of the molecule is COC(=O)c1cc(OC)ccc1NC(=O)Cn1cccc(C(F)(F)F)c1=O. The third kappa shape index (κ3) is 4.66. The summed E-state index contributed by atoms with van der Waals surface area (Å²) in [5.74, 6) is -1.21. The van der Waals surface area contributed by atoms with Gasteiger partial charge in [-0.15, -0.1) is 0 Å². The van der Waals surface area contributed by atoms with Gasteiger partial charge in [0.15, 0.2) is 0 Å². The molecule has 7 nitrogen and oxygen atoms in total. The molecule has 1 heterocycles. The first-order chi connectivity index (χ1) is 12.7. The summed E-state index contributed by atoms with van der Waals surface area (Å²) >= 11 is 0. The largest absolute Gasteiger partial charge is 0.497 e. The summed E-state index contributed by atoms with van der Waals surface area (Å²) in [7, 11) is 2.53. The van der Waals surface area contributed by atoms with E-state index in [9.17, 15) is 27.6 Å². The standard InChI is InChI=1S/C17H15F3N2O5/c1-26-10-5-6-13(11(8-10)16(25)27-2)21-14(23)9-22-7-3-4-12(15(22)24)17(18,19)20/h3-8H,9H2,1-2H3,(H,21,23). The lowest BCUT2D eigenvalue weighted by atomic mass is 10.1. The van der Waals surface area contributed by atoms with Gasteiger partial charge in [0, 0.05) is 6.20 Å². The molecule has 1 amide bonds. The number of ether oxygens (including phenoxy) is 2. The summed E-state index contributed by atoms with van der Waals surface area (Å²) < 4.78 is 48.6. The molecule has 0 unspecified atom stereocenters. The van der Waals surface area contributed by atoms with Gasteiger partial charge in [-0.3, -0.25) is 9.59 Å². The Hall–Kier alpha value is -3.30. The van der Waals surface area contributed by atoms with Crippen LogP contribution in [0.4, 0.5) is 18.9 Å². The fourth-order valence-corrected chi connectivity index (χ4v) is 2.26. The lowest BCUT2D eigenvalue weighted by Gasteiger charge is -2.13. The second-order valence-electron chi connectivity index (χ2n) is 5.30. The zero-order valence-corrected chi connectivity index (χ0v) is 14.3. The number of amides is 1. The highest BCUT2D eigenvalue weighted by atomic mass is 19.4. The number of pyridine rings is 1. The second-order valence-corrected chi connectivity index (χ2v) is 5.30. The van der Waals surface area contributed by atoms with E-state index < -0.39 is 35.7 Å². The van der Waals surface area contributed by atoms with Crippen LogP contribution in [0.3, 0.4) is 0 Å². The summed E-state index contributed by atoms with van der Waals surface area (Å²) in [4.78, 5) is 35.9. The molecule has 1 N–H and O–H groups in total. The number of nitrogens with zero attached hydrogens (tertiary/aromatic N) is 1. The molecule has 0 fully saturated rings. The number of halogens is 3. The minimum Gasteiger partial charge on any atom is -0.497 e. The first kappa shape index (κ1) is 20.0. The Balaban J connectivity index is 2.27. The van der Waals surface area contributed by atoms with Crippen molar-refractivity contribution in [1.29, 1.82) is 0 Å². The predicted octanol–water partition coefficient (Wildman–Crippen LogP) is 2.30. The van der Waals surface area contributed by atoms with Crippen molar-refractivity contribution in [3.8, 4) is 5.75 Å². The fraction of sp³-hybridized carbons (Fsp3) is 0.235. The number of alkyl halides is 3. The Morgan fingerprint density at radius 3 is 2.48 bits per heavy atom. The Kier molecular flexibility index (Phi) is 5.88. The van der Waals surface area contributed by atoms with Crippen LogP contribution in [0.1, 0.15) is 15.9 Å². The van der Waals surface area contributed by atoms with Gasteiger partial charge >= 0.3 is 12.1 Å². The van der Waals surface area contributed by atoms with Crippen LogP contribution < -0.4 is 15.6 Å². The van der Waals surface area contributed by atoms with E-state index in [2.05, 4.69) is 10.1 Å². The number of esters is 1. The van der Waals surface area contributed by atoms with Crippen LogP contribution in [0.2, 0.25) is 0 Å². The lowest BCUT2D eigenvalue weighted by Crippen LogP contribution is -2.32. The zero-order chi connectivity index (χ0) is 20.2. The molecular formula is C17H15F3N2O5. The van der Waals surface area contributed by atoms with Gasteiger partial charge in [-0.05, 0) is 30.3 Å². The number of hydrogen-bond donors (Lipinski definition) is 1. The van der Waals surface area contributed by atoms with Crippen molar-refractivity contribution in [2.45, 2.75) is 12.7 Å². The number of anilines is 1. The molecule has 10 heteroatoms. The van der Waals surface area contributed by atoms with Crippen molar-refractivity contribution in [2.24, 2.45) is 0 Å². The molecular weight excluding hydrogens is 369 g/mol. The highest BCUT2D eigenvalue weighted by Crippen LogP contribution is 2.26. The molecule has 0 bridgehead atoms. The number of aromatic nitrogens is 1. The molecule has 27 heavy (non-hydrogen) atoms. The van der Waals surface area contributed by atoms with Gasteiger partial charge in [0.05, 0.1) is 25.5 Å². The van der Waals surface area contributed by atoms with Gasteiger partial charge < -0.3 is 19.4 Å². The van der Waals surface area contributed by atoms with Crippen molar-refractivity contribution in [3.05, 3.63) is 58.0 Å². The molecule has 1 aromatic heterocycles. The molecule has 0 atom stereocenters. The molecule has 0 saturated heterocycles. The van der Waals surface area contributed by atoms with Gasteiger partial charge in [0.2, 0.25) is 5.91 Å². The third-order valence-corrected chi connectivity index (χ3v) is 3.55. The van der Waals surface area contributed by atoms with Gasteiger partial charge in [-0.2, -0.15) is 13.2 Å². The minimum atomic E-state index is -4.83. The van der Waals surface area contributed by atoms with Gasteiger partial charge in [0.1, 0.15) is 17.9 Å².